The van der Waals surface area contributed by atoms with E-state index in [-0.39, 0.29) is 12.5 Å². The Balaban J connectivity index is 1.65. The van der Waals surface area contributed by atoms with E-state index in [1.807, 2.05) is 61.5 Å². The molecule has 3 rings (SSSR count). The maximum absolute atomic E-state index is 12.1. The van der Waals surface area contributed by atoms with Crippen molar-refractivity contribution in [3.63, 3.8) is 0 Å². The van der Waals surface area contributed by atoms with Crippen molar-refractivity contribution < 1.29 is 13.9 Å². The number of nitrogens with zero attached hydrogens (tertiary/aromatic N) is 3. The molecule has 0 aliphatic carbocycles. The van der Waals surface area contributed by atoms with E-state index in [2.05, 4.69) is 10.2 Å². The normalized spacial score (nSPS) is 10.4. The third kappa shape index (κ3) is 3.60. The Bertz CT molecular complexity index is 828. The molecule has 0 aliphatic heterocycles. The first-order valence-electron chi connectivity index (χ1n) is 7.46. The van der Waals surface area contributed by atoms with Crippen LogP contribution in [0, 0.1) is 0 Å². The first-order valence-corrected chi connectivity index (χ1v) is 7.46. The minimum Gasteiger partial charge on any atom is -0.452 e. The summed E-state index contributed by atoms with van der Waals surface area (Å²) in [4.78, 5) is 14.1. The van der Waals surface area contributed by atoms with Gasteiger partial charge in [-0.25, -0.2) is 4.79 Å². The molecule has 1 heterocycles. The van der Waals surface area contributed by atoms with Crippen LogP contribution in [0.5, 0.6) is 0 Å². The average molecular weight is 323 g/mol. The summed E-state index contributed by atoms with van der Waals surface area (Å²) in [5, 5.41) is 7.86. The van der Waals surface area contributed by atoms with Crippen molar-refractivity contribution >= 4 is 11.7 Å². The molecule has 0 bridgehead atoms. The molecule has 6 nitrogen and oxygen atoms in total. The van der Waals surface area contributed by atoms with Gasteiger partial charge in [0, 0.05) is 25.3 Å². The summed E-state index contributed by atoms with van der Waals surface area (Å²) in [7, 11) is 3.82. The number of carbonyl (C=O) groups excluding carboxylic acids is 1. The Kier molecular flexibility index (Phi) is 4.56. The lowest BCUT2D eigenvalue weighted by molar-refractivity contribution is 0.0438. The predicted molar refractivity (Wildman–Crippen MR) is 89.6 cm³/mol. The molecule has 0 saturated carbocycles. The van der Waals surface area contributed by atoms with Crippen LogP contribution in [0.4, 0.5) is 5.69 Å². The van der Waals surface area contributed by atoms with Crippen LogP contribution in [0.15, 0.2) is 59.0 Å². The van der Waals surface area contributed by atoms with Gasteiger partial charge in [0.1, 0.15) is 0 Å². The van der Waals surface area contributed by atoms with Gasteiger partial charge in [-0.1, -0.05) is 24.3 Å². The molecular formula is C18H17N3O3. The molecule has 2 aromatic carbocycles. The zero-order chi connectivity index (χ0) is 16.9. The second-order valence-electron chi connectivity index (χ2n) is 5.39. The number of carbonyl (C=O) groups is 1. The van der Waals surface area contributed by atoms with Crippen LogP contribution in [0.2, 0.25) is 0 Å². The Labute approximate surface area is 139 Å². The molecule has 6 heteroatoms. The highest BCUT2D eigenvalue weighted by Crippen LogP contribution is 2.18. The molecule has 0 N–H and O–H groups in total. The molecule has 3 aromatic rings. The number of anilines is 1. The monoisotopic (exact) mass is 323 g/mol. The summed E-state index contributed by atoms with van der Waals surface area (Å²) in [5.74, 6) is 0.223. The van der Waals surface area contributed by atoms with Gasteiger partial charge in [-0.05, 0) is 30.3 Å². The van der Waals surface area contributed by atoms with Gasteiger partial charge in [-0.15, -0.1) is 10.2 Å². The van der Waals surface area contributed by atoms with Gasteiger partial charge in [-0.3, -0.25) is 0 Å². The van der Waals surface area contributed by atoms with Crippen LogP contribution in [0.1, 0.15) is 16.2 Å². The first kappa shape index (κ1) is 15.7. The van der Waals surface area contributed by atoms with E-state index in [0.717, 1.165) is 11.3 Å². The van der Waals surface area contributed by atoms with Crippen molar-refractivity contribution in [2.75, 3.05) is 19.0 Å². The minimum atomic E-state index is -0.432. The largest absolute Gasteiger partial charge is 0.452 e. The van der Waals surface area contributed by atoms with Crippen LogP contribution >= 0.6 is 0 Å². The fourth-order valence-electron chi connectivity index (χ4n) is 2.13. The number of esters is 1. The fourth-order valence-corrected chi connectivity index (χ4v) is 2.13. The molecule has 0 unspecified atom stereocenters. The molecule has 0 fully saturated rings. The third-order valence-electron chi connectivity index (χ3n) is 3.41. The molecule has 0 atom stereocenters. The lowest BCUT2D eigenvalue weighted by atomic mass is 10.2. The molecular weight excluding hydrogens is 306 g/mol. The number of aromatic nitrogens is 2. The van der Waals surface area contributed by atoms with Crippen LogP contribution in [-0.4, -0.2) is 30.3 Å². The lowest BCUT2D eigenvalue weighted by Crippen LogP contribution is -2.11. The van der Waals surface area contributed by atoms with Crippen molar-refractivity contribution in [2.45, 2.75) is 6.61 Å². The molecule has 0 spiro atoms. The maximum atomic E-state index is 12.1. The van der Waals surface area contributed by atoms with E-state index in [4.69, 9.17) is 9.15 Å². The molecule has 24 heavy (non-hydrogen) atoms. The average Bonchev–Trinajstić information content (AvgIpc) is 3.09. The lowest BCUT2D eigenvalue weighted by Gasteiger charge is -2.12. The highest BCUT2D eigenvalue weighted by atomic mass is 16.5. The quantitative estimate of drug-likeness (QED) is 0.672. The second-order valence-corrected chi connectivity index (χ2v) is 5.39. The molecule has 0 radical (unpaired) electrons. The maximum Gasteiger partial charge on any atom is 0.338 e. The predicted octanol–water partition coefficient (Wildman–Crippen LogP) is 3.16. The van der Waals surface area contributed by atoms with Crippen LogP contribution in [0.25, 0.3) is 11.5 Å². The summed E-state index contributed by atoms with van der Waals surface area (Å²) < 4.78 is 10.8. The summed E-state index contributed by atoms with van der Waals surface area (Å²) in [5.41, 5.74) is 2.22. The van der Waals surface area contributed by atoms with E-state index in [1.54, 1.807) is 12.1 Å². The summed E-state index contributed by atoms with van der Waals surface area (Å²) >= 11 is 0. The van der Waals surface area contributed by atoms with Crippen molar-refractivity contribution in [1.29, 1.82) is 0 Å². The Morgan fingerprint density at radius 2 is 1.88 bits per heavy atom. The zero-order valence-electron chi connectivity index (χ0n) is 13.5. The van der Waals surface area contributed by atoms with E-state index < -0.39 is 5.97 Å². The van der Waals surface area contributed by atoms with Gasteiger partial charge < -0.3 is 14.1 Å². The van der Waals surface area contributed by atoms with Gasteiger partial charge >= 0.3 is 5.97 Å². The van der Waals surface area contributed by atoms with E-state index >= 15 is 0 Å². The molecule has 0 amide bonds. The number of hydrogen-bond donors (Lipinski definition) is 0. The topological polar surface area (TPSA) is 68.5 Å². The number of rotatable bonds is 5. The highest BCUT2D eigenvalue weighted by Gasteiger charge is 2.13. The van der Waals surface area contributed by atoms with Crippen molar-refractivity contribution in [3.05, 3.63) is 66.1 Å². The molecule has 0 aliphatic rings. The van der Waals surface area contributed by atoms with Crippen molar-refractivity contribution in [1.82, 2.24) is 10.2 Å². The standard InChI is InChI=1S/C18H17N3O3/c1-21(2)15-10-6-9-14(11-15)18(22)23-12-16-19-20-17(24-16)13-7-4-3-5-8-13/h3-11H,12H2,1-2H3. The third-order valence-corrected chi connectivity index (χ3v) is 3.41. The Morgan fingerprint density at radius 3 is 2.62 bits per heavy atom. The van der Waals surface area contributed by atoms with Crippen molar-refractivity contribution in [2.24, 2.45) is 0 Å². The smallest absolute Gasteiger partial charge is 0.338 e. The highest BCUT2D eigenvalue weighted by molar-refractivity contribution is 5.90. The van der Waals surface area contributed by atoms with Crippen LogP contribution < -0.4 is 4.90 Å². The van der Waals surface area contributed by atoms with Crippen LogP contribution in [0.3, 0.4) is 0 Å². The van der Waals surface area contributed by atoms with Gasteiger partial charge in [0.25, 0.3) is 5.89 Å². The molecule has 0 saturated heterocycles. The van der Waals surface area contributed by atoms with Crippen LogP contribution in [-0.2, 0) is 11.3 Å². The van der Waals surface area contributed by atoms with Gasteiger partial charge in [0.05, 0.1) is 5.56 Å². The summed E-state index contributed by atoms with van der Waals surface area (Å²) in [6.45, 7) is -0.0646. The Morgan fingerprint density at radius 1 is 1.08 bits per heavy atom. The minimum absolute atomic E-state index is 0.0646. The first-order chi connectivity index (χ1) is 11.6. The zero-order valence-corrected chi connectivity index (χ0v) is 13.5. The molecule has 122 valence electrons. The van der Waals surface area contributed by atoms with Gasteiger partial charge in [-0.2, -0.15) is 0 Å². The number of benzene rings is 2. The SMILES string of the molecule is CN(C)c1cccc(C(=O)OCc2nnc(-c3ccccc3)o2)c1. The number of ether oxygens (including phenoxy) is 1. The van der Waals surface area contributed by atoms with Gasteiger partial charge in [0.2, 0.25) is 5.89 Å². The second kappa shape index (κ2) is 6.95. The summed E-state index contributed by atoms with van der Waals surface area (Å²) in [6.07, 6.45) is 0. The fraction of sp³-hybridized carbons (Fsp3) is 0.167. The molecule has 1 aromatic heterocycles. The van der Waals surface area contributed by atoms with Crippen molar-refractivity contribution in [3.8, 4) is 11.5 Å². The summed E-state index contributed by atoms with van der Waals surface area (Å²) in [6, 6.07) is 16.6. The van der Waals surface area contributed by atoms with Gasteiger partial charge in [0.15, 0.2) is 6.61 Å². The van der Waals surface area contributed by atoms with E-state index in [1.165, 1.54) is 0 Å². The number of hydrogen-bond acceptors (Lipinski definition) is 6. The van der Waals surface area contributed by atoms with E-state index in [0.29, 0.717) is 11.5 Å². The van der Waals surface area contributed by atoms with E-state index in [9.17, 15) is 4.79 Å². The Hall–Kier alpha value is -3.15.